The summed E-state index contributed by atoms with van der Waals surface area (Å²) in [4.78, 5) is 35.5. The van der Waals surface area contributed by atoms with Crippen LogP contribution in [0.15, 0.2) is 122 Å². The zero-order valence-corrected chi connectivity index (χ0v) is 47.3. The SMILES string of the molecule is CC/C=C\C/C=C\C/C=C\C/C=C\C/C=C\C/C=C\CCCCCCCCCCCCCCCCCCC(=O)OC(COC(=O)CC/C=C\C/C=C\C/C=C\C/C=C\CC)COP(=O)(O)OCC[N+](C)(C)C. The van der Waals surface area contributed by atoms with E-state index in [0.717, 1.165) is 83.5 Å². The third-order valence-electron chi connectivity index (χ3n) is 11.5. The lowest BCUT2D eigenvalue weighted by Gasteiger charge is -2.24. The smallest absolute Gasteiger partial charge is 0.462 e. The molecule has 0 bridgehead atoms. The van der Waals surface area contributed by atoms with Gasteiger partial charge in [-0.1, -0.05) is 225 Å². The number of rotatable bonds is 50. The number of esters is 2. The van der Waals surface area contributed by atoms with Crippen LogP contribution in [-0.4, -0.2) is 74.9 Å². The van der Waals surface area contributed by atoms with E-state index in [4.69, 9.17) is 18.5 Å². The molecule has 0 aromatic carbocycles. The largest absolute Gasteiger partial charge is 0.472 e. The highest BCUT2D eigenvalue weighted by Gasteiger charge is 2.27. The fourth-order valence-electron chi connectivity index (χ4n) is 7.21. The fraction of sp³-hybridized carbons (Fsp3) is 0.645. The highest BCUT2D eigenvalue weighted by Crippen LogP contribution is 2.43. The molecule has 2 unspecified atom stereocenters. The molecule has 72 heavy (non-hydrogen) atoms. The third kappa shape index (κ3) is 55.7. The molecule has 0 saturated heterocycles. The molecule has 0 fully saturated rings. The quantitative estimate of drug-likeness (QED) is 0.0211. The number of likely N-dealkylation sites (N-methyl/N-ethyl adjacent to an activating group) is 1. The second kappa shape index (κ2) is 52.3. The minimum atomic E-state index is -4.40. The first-order chi connectivity index (χ1) is 35.0. The summed E-state index contributed by atoms with van der Waals surface area (Å²) in [7, 11) is 1.43. The number of carbonyl (C=O) groups excluding carboxylic acids is 2. The molecule has 0 aromatic rings. The molecule has 410 valence electrons. The predicted octanol–water partition coefficient (Wildman–Crippen LogP) is 17.6. The van der Waals surface area contributed by atoms with Crippen molar-refractivity contribution < 1.29 is 42.1 Å². The number of carbonyl (C=O) groups is 2. The van der Waals surface area contributed by atoms with Crippen LogP contribution in [-0.2, 0) is 32.7 Å². The summed E-state index contributed by atoms with van der Waals surface area (Å²) in [5.74, 6) is -0.898. The van der Waals surface area contributed by atoms with Gasteiger partial charge in [-0.2, -0.15) is 0 Å². The molecule has 1 N–H and O–H groups in total. The molecule has 0 aromatic heterocycles. The Morgan fingerprint density at radius 2 is 0.778 bits per heavy atom. The van der Waals surface area contributed by atoms with Crippen LogP contribution in [0, 0.1) is 0 Å². The minimum absolute atomic E-state index is 0.0164. The van der Waals surface area contributed by atoms with Crippen LogP contribution >= 0.6 is 7.82 Å². The summed E-state index contributed by atoms with van der Waals surface area (Å²) >= 11 is 0. The Hall–Kier alpha value is -3.59. The van der Waals surface area contributed by atoms with Crippen LogP contribution in [0.3, 0.4) is 0 Å². The normalized spacial score (nSPS) is 14.2. The average molecular weight is 1020 g/mol. The van der Waals surface area contributed by atoms with Gasteiger partial charge in [-0.05, 0) is 89.9 Å². The molecule has 2 atom stereocenters. The number of allylic oxidation sites excluding steroid dienone is 20. The third-order valence-corrected chi connectivity index (χ3v) is 12.5. The molecule has 0 spiro atoms. The summed E-state index contributed by atoms with van der Waals surface area (Å²) < 4.78 is 34.4. The van der Waals surface area contributed by atoms with Gasteiger partial charge in [-0.3, -0.25) is 18.6 Å². The van der Waals surface area contributed by atoms with Crippen molar-refractivity contribution in [2.75, 3.05) is 47.5 Å². The average Bonchev–Trinajstić information content (AvgIpc) is 3.34. The second-order valence-corrected chi connectivity index (χ2v) is 21.0. The van der Waals surface area contributed by atoms with Crippen molar-refractivity contribution >= 4 is 19.8 Å². The van der Waals surface area contributed by atoms with E-state index < -0.39 is 32.5 Å². The Bertz CT molecular complexity index is 1630. The minimum Gasteiger partial charge on any atom is -0.462 e. The lowest BCUT2D eigenvalue weighted by Crippen LogP contribution is -2.37. The first-order valence-corrected chi connectivity index (χ1v) is 29.8. The van der Waals surface area contributed by atoms with Crippen LogP contribution in [0.2, 0.25) is 0 Å². The van der Waals surface area contributed by atoms with E-state index in [9.17, 15) is 19.0 Å². The Balaban J connectivity index is 4.08. The van der Waals surface area contributed by atoms with E-state index in [0.29, 0.717) is 23.9 Å². The van der Waals surface area contributed by atoms with E-state index in [-0.39, 0.29) is 26.1 Å². The molecule has 0 heterocycles. The van der Waals surface area contributed by atoms with Crippen molar-refractivity contribution in [2.24, 2.45) is 0 Å². The molecule has 0 radical (unpaired) electrons. The summed E-state index contributed by atoms with van der Waals surface area (Å²) in [6, 6.07) is 0. The van der Waals surface area contributed by atoms with Gasteiger partial charge in [0.25, 0.3) is 0 Å². The van der Waals surface area contributed by atoms with Crippen LogP contribution in [0.5, 0.6) is 0 Å². The zero-order valence-electron chi connectivity index (χ0n) is 46.4. The fourth-order valence-corrected chi connectivity index (χ4v) is 7.95. The van der Waals surface area contributed by atoms with E-state index in [2.05, 4.69) is 123 Å². The number of hydrogen-bond acceptors (Lipinski definition) is 7. The highest BCUT2D eigenvalue weighted by molar-refractivity contribution is 7.47. The molecule has 0 aliphatic rings. The molecular formula is C62H105NO8P+. The van der Waals surface area contributed by atoms with E-state index in [1.807, 2.05) is 33.3 Å². The summed E-state index contributed by atoms with van der Waals surface area (Å²) in [5, 5.41) is 0. The number of phosphoric acid groups is 1. The maximum atomic E-state index is 12.8. The number of hydrogen-bond donors (Lipinski definition) is 1. The second-order valence-electron chi connectivity index (χ2n) is 19.6. The van der Waals surface area contributed by atoms with Crippen molar-refractivity contribution in [2.45, 2.75) is 213 Å². The van der Waals surface area contributed by atoms with Crippen LogP contribution < -0.4 is 0 Å². The van der Waals surface area contributed by atoms with Crippen molar-refractivity contribution in [3.8, 4) is 0 Å². The first kappa shape index (κ1) is 68.4. The van der Waals surface area contributed by atoms with E-state index in [1.54, 1.807) is 0 Å². The lowest BCUT2D eigenvalue weighted by molar-refractivity contribution is -0.870. The topological polar surface area (TPSA) is 108 Å². The molecule has 0 aliphatic carbocycles. The van der Waals surface area contributed by atoms with Crippen molar-refractivity contribution in [1.82, 2.24) is 0 Å². The van der Waals surface area contributed by atoms with Crippen molar-refractivity contribution in [3.63, 3.8) is 0 Å². The predicted molar refractivity (Wildman–Crippen MR) is 307 cm³/mol. The van der Waals surface area contributed by atoms with Gasteiger partial charge in [0.05, 0.1) is 27.7 Å². The maximum Gasteiger partial charge on any atom is 0.472 e. The maximum absolute atomic E-state index is 12.8. The van der Waals surface area contributed by atoms with E-state index >= 15 is 0 Å². The van der Waals surface area contributed by atoms with Gasteiger partial charge in [0.15, 0.2) is 6.10 Å². The van der Waals surface area contributed by atoms with Crippen LogP contribution in [0.4, 0.5) is 0 Å². The summed E-state index contributed by atoms with van der Waals surface area (Å²) in [5.41, 5.74) is 0. The molecule has 0 amide bonds. The highest BCUT2D eigenvalue weighted by atomic mass is 31.2. The summed E-state index contributed by atoms with van der Waals surface area (Å²) in [6.45, 7) is 4.10. The molecule has 10 heteroatoms. The number of quaternary nitrogens is 1. The number of ether oxygens (including phenoxy) is 2. The van der Waals surface area contributed by atoms with Crippen molar-refractivity contribution in [3.05, 3.63) is 122 Å². The zero-order chi connectivity index (χ0) is 52.7. The van der Waals surface area contributed by atoms with Gasteiger partial charge in [0.2, 0.25) is 0 Å². The van der Waals surface area contributed by atoms with Gasteiger partial charge >= 0.3 is 19.8 Å². The van der Waals surface area contributed by atoms with E-state index in [1.165, 1.54) is 83.5 Å². The van der Waals surface area contributed by atoms with Gasteiger partial charge in [-0.15, -0.1) is 0 Å². The Morgan fingerprint density at radius 3 is 1.17 bits per heavy atom. The molecule has 9 nitrogen and oxygen atoms in total. The summed E-state index contributed by atoms with van der Waals surface area (Å²) in [6.07, 6.45) is 74.5. The molecule has 0 saturated carbocycles. The first-order valence-electron chi connectivity index (χ1n) is 28.3. The number of phosphoric ester groups is 1. The van der Waals surface area contributed by atoms with Crippen molar-refractivity contribution in [1.29, 1.82) is 0 Å². The molecule has 0 aliphatic heterocycles. The van der Waals surface area contributed by atoms with Crippen LogP contribution in [0.1, 0.15) is 206 Å². The molecular weight excluding hydrogens is 918 g/mol. The molecule has 0 rings (SSSR count). The number of unbranched alkanes of at least 4 members (excludes halogenated alkanes) is 16. The lowest BCUT2D eigenvalue weighted by atomic mass is 10.0. The monoisotopic (exact) mass is 1020 g/mol. The Kier molecular flexibility index (Phi) is 49.7. The van der Waals surface area contributed by atoms with Gasteiger partial charge in [0, 0.05) is 12.8 Å². The Morgan fingerprint density at radius 1 is 0.431 bits per heavy atom. The number of nitrogens with zero attached hydrogens (tertiary/aromatic N) is 1. The Labute approximate surface area is 441 Å². The van der Waals surface area contributed by atoms with Crippen LogP contribution in [0.25, 0.3) is 0 Å². The standard InChI is InChI=1S/C62H104NO8P/c1-6-8-10-12-14-16-18-20-21-22-23-24-25-26-27-28-29-30-31-32-33-34-35-36-37-38-39-40-41-43-45-47-49-51-53-55-62(65)71-60(59-70-72(66,67)69-57-56-63(3,4)5)58-68-61(64)54-52-50-48-46-44-42-19-17-15-13-11-9-7-2/h8-11,14-17,20-21,23-24,26-27,29-30,42,44,48,50,60H,6-7,12-13,18-19,22,25,28,31-41,43,45-47,49,51-59H2,1-5H3/p+1/b10-8-,11-9-,16-14-,17-15-,21-20-,24-23-,27-26-,30-29-,44-42-,50-48-. The van der Waals surface area contributed by atoms with Gasteiger partial charge in [-0.25, -0.2) is 4.57 Å². The van der Waals surface area contributed by atoms with Gasteiger partial charge < -0.3 is 18.9 Å². The van der Waals surface area contributed by atoms with Gasteiger partial charge in [0.1, 0.15) is 19.8 Å².